The molecule has 1 unspecified atom stereocenters. The number of hydrogen-bond acceptors (Lipinski definition) is 2. The number of anilines is 1. The first-order valence-electron chi connectivity index (χ1n) is 14.4. The lowest BCUT2D eigenvalue weighted by atomic mass is 9.83. The first-order valence-corrected chi connectivity index (χ1v) is 14.4. The van der Waals surface area contributed by atoms with E-state index >= 15 is 0 Å². The lowest BCUT2D eigenvalue weighted by Gasteiger charge is -2.22. The van der Waals surface area contributed by atoms with Gasteiger partial charge < -0.3 is 5.73 Å². The number of nitrogen functional groups attached to an aromatic ring is 1. The fraction of sp³-hybridized carbons (Fsp3) is 0.559. The number of benzene rings is 2. The molecule has 1 aliphatic carbocycles. The molecule has 0 saturated heterocycles. The average molecular weight is 488 g/mol. The largest absolute Gasteiger partial charge is 0.398 e. The number of ketones is 1. The van der Waals surface area contributed by atoms with E-state index in [1.54, 1.807) is 0 Å². The molecule has 196 valence electrons. The van der Waals surface area contributed by atoms with Crippen LogP contribution in [-0.2, 0) is 17.6 Å². The van der Waals surface area contributed by atoms with E-state index in [9.17, 15) is 4.79 Å². The van der Waals surface area contributed by atoms with Crippen molar-refractivity contribution in [3.05, 3.63) is 74.9 Å². The zero-order valence-corrected chi connectivity index (χ0v) is 24.0. The quantitative estimate of drug-likeness (QED) is 0.253. The van der Waals surface area contributed by atoms with Gasteiger partial charge in [0.05, 0.1) is 0 Å². The van der Waals surface area contributed by atoms with Crippen molar-refractivity contribution >= 4 is 11.5 Å². The Hall–Kier alpha value is -2.35. The van der Waals surface area contributed by atoms with Gasteiger partial charge in [-0.15, -0.1) is 0 Å². The van der Waals surface area contributed by atoms with Crippen molar-refractivity contribution in [2.45, 2.75) is 118 Å². The summed E-state index contributed by atoms with van der Waals surface area (Å²) in [6.07, 6.45) is 11.7. The summed E-state index contributed by atoms with van der Waals surface area (Å²) in [5, 5.41) is 0. The fourth-order valence-corrected chi connectivity index (χ4v) is 6.04. The van der Waals surface area contributed by atoms with Crippen molar-refractivity contribution in [3.63, 3.8) is 0 Å². The van der Waals surface area contributed by atoms with Gasteiger partial charge in [0.25, 0.3) is 0 Å². The Morgan fingerprint density at radius 1 is 0.889 bits per heavy atom. The van der Waals surface area contributed by atoms with Gasteiger partial charge in [-0.05, 0) is 121 Å². The molecule has 2 aromatic rings. The Morgan fingerprint density at radius 3 is 2.14 bits per heavy atom. The van der Waals surface area contributed by atoms with E-state index in [0.29, 0.717) is 23.5 Å². The second kappa shape index (κ2) is 12.7. The van der Waals surface area contributed by atoms with Crippen LogP contribution in [0, 0.1) is 19.8 Å². The van der Waals surface area contributed by atoms with Gasteiger partial charge in [0.1, 0.15) is 0 Å². The molecule has 2 nitrogen and oxygen atoms in total. The third-order valence-corrected chi connectivity index (χ3v) is 8.15. The molecule has 0 spiro atoms. The molecule has 0 fully saturated rings. The Kier molecular flexibility index (Phi) is 10.00. The molecule has 0 heterocycles. The highest BCUT2D eigenvalue weighted by atomic mass is 16.1. The summed E-state index contributed by atoms with van der Waals surface area (Å²) in [6.45, 7) is 15.7. The predicted molar refractivity (Wildman–Crippen MR) is 156 cm³/mol. The Labute approximate surface area is 220 Å². The van der Waals surface area contributed by atoms with Crippen LogP contribution in [0.25, 0.3) is 0 Å². The van der Waals surface area contributed by atoms with Crippen LogP contribution in [0.5, 0.6) is 0 Å². The van der Waals surface area contributed by atoms with E-state index in [2.05, 4.69) is 78.8 Å². The number of aryl methyl sites for hydroxylation is 2. The summed E-state index contributed by atoms with van der Waals surface area (Å²) in [5.41, 5.74) is 18.1. The number of nitrogens with two attached hydrogens (primary N) is 1. The molecule has 1 aliphatic rings. The van der Waals surface area contributed by atoms with Crippen LogP contribution in [-0.4, -0.2) is 5.78 Å². The molecule has 0 amide bonds. The van der Waals surface area contributed by atoms with Crippen molar-refractivity contribution in [1.29, 1.82) is 0 Å². The highest BCUT2D eigenvalue weighted by Gasteiger charge is 2.21. The molecule has 36 heavy (non-hydrogen) atoms. The molecule has 2 aromatic carbocycles. The van der Waals surface area contributed by atoms with Crippen molar-refractivity contribution in [3.8, 4) is 0 Å². The van der Waals surface area contributed by atoms with Crippen LogP contribution in [0.1, 0.15) is 130 Å². The minimum Gasteiger partial charge on any atom is -0.398 e. The van der Waals surface area contributed by atoms with Gasteiger partial charge in [-0.1, -0.05) is 71.4 Å². The lowest BCUT2D eigenvalue weighted by molar-refractivity contribution is -0.116. The maximum Gasteiger partial charge on any atom is 0.158 e. The molecule has 0 radical (unpaired) electrons. The summed E-state index contributed by atoms with van der Waals surface area (Å²) >= 11 is 0. The third-order valence-electron chi connectivity index (χ3n) is 8.15. The highest BCUT2D eigenvalue weighted by molar-refractivity contribution is 5.96. The Bertz CT molecular complexity index is 1090. The van der Waals surface area contributed by atoms with Crippen molar-refractivity contribution in [1.82, 2.24) is 0 Å². The van der Waals surface area contributed by atoms with Gasteiger partial charge in [0.15, 0.2) is 5.78 Å². The Morgan fingerprint density at radius 2 is 1.53 bits per heavy atom. The summed E-state index contributed by atoms with van der Waals surface area (Å²) in [4.78, 5) is 12.4. The molecule has 3 rings (SSSR count). The zero-order valence-electron chi connectivity index (χ0n) is 24.0. The lowest BCUT2D eigenvalue weighted by Crippen LogP contribution is -2.16. The predicted octanol–water partition coefficient (Wildman–Crippen LogP) is 9.14. The number of carbonyl (C=O) groups excluding carboxylic acids is 1. The summed E-state index contributed by atoms with van der Waals surface area (Å²) in [5.74, 6) is 1.79. The minimum atomic E-state index is 0.401. The van der Waals surface area contributed by atoms with Gasteiger partial charge in [0, 0.05) is 12.1 Å². The first-order chi connectivity index (χ1) is 17.1. The van der Waals surface area contributed by atoms with E-state index < -0.39 is 0 Å². The monoisotopic (exact) mass is 487 g/mol. The zero-order chi connectivity index (χ0) is 26.4. The van der Waals surface area contributed by atoms with Crippen LogP contribution in [0.15, 0.2) is 35.9 Å². The van der Waals surface area contributed by atoms with E-state index in [4.69, 9.17) is 5.73 Å². The van der Waals surface area contributed by atoms with E-state index in [1.807, 2.05) is 0 Å². The topological polar surface area (TPSA) is 43.1 Å². The van der Waals surface area contributed by atoms with Crippen LogP contribution in [0.2, 0.25) is 0 Å². The second-order valence-electron chi connectivity index (χ2n) is 11.7. The number of unbranched alkanes of at least 4 members (excludes halogenated alkanes) is 1. The molecule has 2 heteroatoms. The Balaban J connectivity index is 1.72. The van der Waals surface area contributed by atoms with Crippen LogP contribution >= 0.6 is 0 Å². The standard InChI is InChI=1S/C34H49NO/c1-8-28(30-15-11-12-16-33(30)36)13-9-10-14-29-24(6)17-26(20-31(29)22(2)3)19-27-18-25(7)34(35)32(21-27)23(4)5/h15,17-18,20-23,28H,8-14,16,19,35H2,1-7H3. The van der Waals surface area contributed by atoms with E-state index in [0.717, 1.165) is 56.2 Å². The molecule has 0 bridgehead atoms. The maximum absolute atomic E-state index is 12.4. The smallest absolute Gasteiger partial charge is 0.158 e. The second-order valence-corrected chi connectivity index (χ2v) is 11.7. The van der Waals surface area contributed by atoms with Crippen molar-refractivity contribution in [2.24, 2.45) is 5.92 Å². The van der Waals surface area contributed by atoms with Crippen molar-refractivity contribution < 1.29 is 4.79 Å². The minimum absolute atomic E-state index is 0.401. The van der Waals surface area contributed by atoms with Crippen molar-refractivity contribution in [2.75, 3.05) is 5.73 Å². The van der Waals surface area contributed by atoms with Crippen LogP contribution in [0.4, 0.5) is 5.69 Å². The number of rotatable bonds is 11. The van der Waals surface area contributed by atoms with E-state index in [-0.39, 0.29) is 0 Å². The van der Waals surface area contributed by atoms with Gasteiger partial charge >= 0.3 is 0 Å². The average Bonchev–Trinajstić information content (AvgIpc) is 2.82. The number of allylic oxidation sites excluding steroid dienone is 2. The molecule has 1 atom stereocenters. The molecule has 0 aromatic heterocycles. The summed E-state index contributed by atoms with van der Waals surface area (Å²) < 4.78 is 0. The van der Waals surface area contributed by atoms with Gasteiger partial charge in [-0.25, -0.2) is 0 Å². The fourth-order valence-electron chi connectivity index (χ4n) is 6.04. The molecular weight excluding hydrogens is 438 g/mol. The van der Waals surface area contributed by atoms with E-state index in [1.165, 1.54) is 51.8 Å². The maximum atomic E-state index is 12.4. The first kappa shape index (κ1) is 28.2. The third kappa shape index (κ3) is 6.90. The molecule has 0 saturated carbocycles. The number of Topliss-reactive ketones (excluding diaryl/α,β-unsaturated/α-hetero) is 1. The molecule has 2 N–H and O–H groups in total. The molecular formula is C34H49NO. The van der Waals surface area contributed by atoms with Gasteiger partial charge in [-0.2, -0.15) is 0 Å². The highest BCUT2D eigenvalue weighted by Crippen LogP contribution is 2.32. The number of carbonyl (C=O) groups is 1. The van der Waals surface area contributed by atoms with Gasteiger partial charge in [-0.3, -0.25) is 4.79 Å². The molecule has 0 aliphatic heterocycles. The van der Waals surface area contributed by atoms with Crippen LogP contribution in [0.3, 0.4) is 0 Å². The summed E-state index contributed by atoms with van der Waals surface area (Å²) in [6, 6.07) is 9.43. The summed E-state index contributed by atoms with van der Waals surface area (Å²) in [7, 11) is 0. The number of hydrogen-bond donors (Lipinski definition) is 1. The SMILES string of the molecule is CCC(CCCCc1c(C)cc(Cc2cc(C)c(N)c(C(C)C)c2)cc1C(C)C)C1=CCCCC1=O. The van der Waals surface area contributed by atoms with Gasteiger partial charge in [0.2, 0.25) is 0 Å². The normalized spacial score (nSPS) is 15.0. The van der Waals surface area contributed by atoms with Crippen LogP contribution < -0.4 is 5.73 Å².